The summed E-state index contributed by atoms with van der Waals surface area (Å²) in [6.45, 7) is 6.69. The molecule has 0 aliphatic carbocycles. The number of hydrogen-bond acceptors (Lipinski definition) is 5. The number of fused-ring (bicyclic) bond motifs is 2. The van der Waals surface area contributed by atoms with Crippen molar-refractivity contribution in [3.8, 4) is 0 Å². The van der Waals surface area contributed by atoms with Gasteiger partial charge < -0.3 is 9.80 Å². The zero-order valence-electron chi connectivity index (χ0n) is 15.2. The first kappa shape index (κ1) is 18.1. The molecule has 3 heterocycles. The maximum Gasteiger partial charge on any atom is 0.247 e. The molecule has 2 atom stereocenters. The van der Waals surface area contributed by atoms with Gasteiger partial charge in [0.15, 0.2) is 0 Å². The van der Waals surface area contributed by atoms with Crippen molar-refractivity contribution in [2.45, 2.75) is 56.6 Å². The van der Waals surface area contributed by atoms with Gasteiger partial charge in [-0.1, -0.05) is 6.92 Å². The second kappa shape index (κ2) is 6.57. The van der Waals surface area contributed by atoms with E-state index in [-0.39, 0.29) is 28.9 Å². The molecule has 7 nitrogen and oxygen atoms in total. The highest BCUT2D eigenvalue weighted by molar-refractivity contribution is 7.89. The van der Waals surface area contributed by atoms with Gasteiger partial charge in [-0.2, -0.15) is 4.31 Å². The molecule has 1 saturated heterocycles. The van der Waals surface area contributed by atoms with Gasteiger partial charge in [-0.3, -0.25) is 4.79 Å². The fourth-order valence-electron chi connectivity index (χ4n) is 3.93. The Kier molecular flexibility index (Phi) is 4.76. The second-order valence-corrected chi connectivity index (χ2v) is 8.86. The summed E-state index contributed by atoms with van der Waals surface area (Å²) in [5, 5.41) is 0. The molecule has 0 aromatic carbocycles. The van der Waals surface area contributed by atoms with E-state index >= 15 is 0 Å². The lowest BCUT2D eigenvalue weighted by atomic mass is 10.1. The molecule has 3 rings (SSSR count). The number of sulfonamides is 1. The molecule has 1 fully saturated rings. The fraction of sp³-hybridized carbons (Fsp3) is 0.647. The summed E-state index contributed by atoms with van der Waals surface area (Å²) in [6, 6.07) is 2.70. The van der Waals surface area contributed by atoms with Crippen LogP contribution in [0.4, 0.5) is 5.82 Å². The van der Waals surface area contributed by atoms with Gasteiger partial charge in [0.25, 0.3) is 0 Å². The second-order valence-electron chi connectivity index (χ2n) is 7.05. The Morgan fingerprint density at radius 2 is 2.00 bits per heavy atom. The number of aromatic nitrogens is 1. The number of likely N-dealkylation sites (N-methyl/N-ethyl adjacent to an activating group) is 1. The molecule has 2 aliphatic heterocycles. The monoisotopic (exact) mass is 366 g/mol. The third-order valence-corrected chi connectivity index (χ3v) is 7.17. The maximum atomic E-state index is 13.3. The molecular formula is C17H26N4O3S. The standard InChI is InChI=1S/C17H26N4O3S/c1-5-7-16(22)20-10-13-14(11-20)21(12(2)3)25(23,24)15-8-6-9-18-17(15)19(13)4/h6,8-9,12-14H,5,7,10-11H2,1-4H3/t13-,14+/m0/s1. The van der Waals surface area contributed by atoms with Crippen LogP contribution in [0.1, 0.15) is 33.6 Å². The van der Waals surface area contributed by atoms with Gasteiger partial charge in [-0.15, -0.1) is 0 Å². The number of carbonyl (C=O) groups excluding carboxylic acids is 1. The summed E-state index contributed by atoms with van der Waals surface area (Å²) < 4.78 is 28.2. The maximum absolute atomic E-state index is 13.3. The number of anilines is 1. The molecule has 1 aromatic rings. The minimum Gasteiger partial charge on any atom is -0.352 e. The van der Waals surface area contributed by atoms with Crippen LogP contribution in [0, 0.1) is 0 Å². The van der Waals surface area contributed by atoms with E-state index in [1.54, 1.807) is 27.5 Å². The zero-order chi connectivity index (χ0) is 18.4. The predicted octanol–water partition coefficient (Wildman–Crippen LogP) is 1.31. The van der Waals surface area contributed by atoms with Crippen LogP contribution in [0.3, 0.4) is 0 Å². The van der Waals surface area contributed by atoms with Crippen LogP contribution >= 0.6 is 0 Å². The highest BCUT2D eigenvalue weighted by Crippen LogP contribution is 2.37. The van der Waals surface area contributed by atoms with E-state index in [1.165, 1.54) is 0 Å². The molecule has 2 aliphatic rings. The van der Waals surface area contributed by atoms with Crippen molar-refractivity contribution in [1.29, 1.82) is 0 Å². The van der Waals surface area contributed by atoms with Crippen LogP contribution in [-0.4, -0.2) is 66.8 Å². The van der Waals surface area contributed by atoms with E-state index in [1.807, 2.05) is 32.7 Å². The molecule has 0 saturated carbocycles. The van der Waals surface area contributed by atoms with Crippen LogP contribution in [0.25, 0.3) is 0 Å². The van der Waals surface area contributed by atoms with E-state index in [2.05, 4.69) is 4.98 Å². The Morgan fingerprint density at radius 3 is 2.64 bits per heavy atom. The fourth-order valence-corrected chi connectivity index (χ4v) is 5.96. The first-order valence-corrected chi connectivity index (χ1v) is 10.2. The van der Waals surface area contributed by atoms with Gasteiger partial charge in [0, 0.05) is 38.8 Å². The van der Waals surface area contributed by atoms with Gasteiger partial charge in [-0.05, 0) is 32.4 Å². The first-order chi connectivity index (χ1) is 11.8. The number of carbonyl (C=O) groups is 1. The van der Waals surface area contributed by atoms with Gasteiger partial charge >= 0.3 is 0 Å². The average Bonchev–Trinajstić information content (AvgIpc) is 2.96. The van der Waals surface area contributed by atoms with Gasteiger partial charge in [-0.25, -0.2) is 13.4 Å². The summed E-state index contributed by atoms with van der Waals surface area (Å²) in [4.78, 5) is 20.7. The van der Waals surface area contributed by atoms with Crippen molar-refractivity contribution in [1.82, 2.24) is 14.2 Å². The van der Waals surface area contributed by atoms with Crippen molar-refractivity contribution in [2.24, 2.45) is 0 Å². The lowest BCUT2D eigenvalue weighted by Crippen LogP contribution is -2.52. The summed E-state index contributed by atoms with van der Waals surface area (Å²) in [5.74, 6) is 0.553. The Balaban J connectivity index is 2.09. The molecule has 0 unspecified atom stereocenters. The summed E-state index contributed by atoms with van der Waals surface area (Å²) in [7, 11) is -1.80. The molecule has 1 amide bonds. The van der Waals surface area contributed by atoms with Crippen LogP contribution in [0.5, 0.6) is 0 Å². The Bertz CT molecular complexity index is 765. The van der Waals surface area contributed by atoms with E-state index in [4.69, 9.17) is 0 Å². The summed E-state index contributed by atoms with van der Waals surface area (Å²) in [5.41, 5.74) is 0. The Morgan fingerprint density at radius 1 is 1.32 bits per heavy atom. The third kappa shape index (κ3) is 2.91. The molecule has 25 heavy (non-hydrogen) atoms. The number of rotatable bonds is 3. The first-order valence-electron chi connectivity index (χ1n) is 8.78. The van der Waals surface area contributed by atoms with Gasteiger partial charge in [0.1, 0.15) is 10.7 Å². The van der Waals surface area contributed by atoms with E-state index in [0.29, 0.717) is 25.3 Å². The lowest BCUT2D eigenvalue weighted by molar-refractivity contribution is -0.130. The minimum absolute atomic E-state index is 0.0892. The van der Waals surface area contributed by atoms with Crippen LogP contribution < -0.4 is 4.90 Å². The highest BCUT2D eigenvalue weighted by Gasteiger charge is 2.49. The van der Waals surface area contributed by atoms with Crippen molar-refractivity contribution < 1.29 is 13.2 Å². The Hall–Kier alpha value is -1.67. The molecule has 8 heteroatoms. The average molecular weight is 366 g/mol. The molecule has 0 radical (unpaired) electrons. The van der Waals surface area contributed by atoms with E-state index in [9.17, 15) is 13.2 Å². The number of pyridine rings is 1. The van der Waals surface area contributed by atoms with Crippen molar-refractivity contribution >= 4 is 21.7 Å². The molecular weight excluding hydrogens is 340 g/mol. The van der Waals surface area contributed by atoms with Gasteiger partial charge in [0.05, 0.1) is 12.1 Å². The third-order valence-electron chi connectivity index (χ3n) is 5.05. The van der Waals surface area contributed by atoms with Crippen LogP contribution in [-0.2, 0) is 14.8 Å². The van der Waals surface area contributed by atoms with Crippen LogP contribution in [0.2, 0.25) is 0 Å². The quantitative estimate of drug-likeness (QED) is 0.806. The SMILES string of the molecule is CCCC(=O)N1C[C@@H]2[C@H](C1)N(C)c1ncccc1S(=O)(=O)N2C(C)C. The molecule has 138 valence electrons. The highest BCUT2D eigenvalue weighted by atomic mass is 32.2. The molecule has 1 aromatic heterocycles. The number of nitrogens with zero attached hydrogens (tertiary/aromatic N) is 4. The molecule has 0 N–H and O–H groups in total. The van der Waals surface area contributed by atoms with Crippen molar-refractivity contribution in [2.75, 3.05) is 25.0 Å². The van der Waals surface area contributed by atoms with E-state index < -0.39 is 10.0 Å². The summed E-state index contributed by atoms with van der Waals surface area (Å²) in [6.07, 6.45) is 2.89. The number of amides is 1. The number of likely N-dealkylation sites (tertiary alicyclic amines) is 1. The topological polar surface area (TPSA) is 73.8 Å². The Labute approximate surface area is 149 Å². The van der Waals surface area contributed by atoms with E-state index in [0.717, 1.165) is 6.42 Å². The largest absolute Gasteiger partial charge is 0.352 e. The normalized spacial score (nSPS) is 25.6. The number of hydrogen-bond donors (Lipinski definition) is 0. The van der Waals surface area contributed by atoms with Crippen LogP contribution in [0.15, 0.2) is 23.2 Å². The smallest absolute Gasteiger partial charge is 0.247 e. The lowest BCUT2D eigenvalue weighted by Gasteiger charge is -2.33. The summed E-state index contributed by atoms with van der Waals surface area (Å²) >= 11 is 0. The molecule has 0 bridgehead atoms. The predicted molar refractivity (Wildman–Crippen MR) is 95.9 cm³/mol. The van der Waals surface area contributed by atoms with Crippen molar-refractivity contribution in [3.05, 3.63) is 18.3 Å². The zero-order valence-corrected chi connectivity index (χ0v) is 16.0. The minimum atomic E-state index is -3.68. The van der Waals surface area contributed by atoms with Crippen molar-refractivity contribution in [3.63, 3.8) is 0 Å². The van der Waals surface area contributed by atoms with Gasteiger partial charge in [0.2, 0.25) is 15.9 Å². The molecule has 0 spiro atoms.